The van der Waals surface area contributed by atoms with Gasteiger partial charge in [0.05, 0.1) is 0 Å². The van der Waals surface area contributed by atoms with Gasteiger partial charge in [-0.15, -0.1) is 0 Å². The van der Waals surface area contributed by atoms with Gasteiger partial charge in [0.2, 0.25) is 0 Å². The van der Waals surface area contributed by atoms with Crippen molar-refractivity contribution < 1.29 is 0 Å². The van der Waals surface area contributed by atoms with E-state index in [1.807, 2.05) is 7.05 Å². The molecule has 1 N–H and O–H groups in total. The lowest BCUT2D eigenvalue weighted by Gasteiger charge is -2.15. The molecule has 0 aromatic carbocycles. The van der Waals surface area contributed by atoms with E-state index in [4.69, 9.17) is 0 Å². The van der Waals surface area contributed by atoms with Crippen molar-refractivity contribution in [3.05, 3.63) is 12.8 Å². The summed E-state index contributed by atoms with van der Waals surface area (Å²) in [6.45, 7) is 5.73. The van der Waals surface area contributed by atoms with Crippen LogP contribution in [-0.2, 0) is 0 Å². The highest BCUT2D eigenvalue weighted by molar-refractivity contribution is 4.59. The zero-order valence-electron chi connectivity index (χ0n) is 7.90. The van der Waals surface area contributed by atoms with Gasteiger partial charge >= 0.3 is 0 Å². The molecular weight excluding hydrogens is 134 g/mol. The highest BCUT2D eigenvalue weighted by Gasteiger charge is 2.05. The van der Waals surface area contributed by atoms with Gasteiger partial charge in [-0.05, 0) is 12.1 Å². The number of hydrogen-bond acceptors (Lipinski definition) is 1. The van der Waals surface area contributed by atoms with Crippen molar-refractivity contribution in [2.75, 3.05) is 7.05 Å². The summed E-state index contributed by atoms with van der Waals surface area (Å²) >= 11 is 0. The summed E-state index contributed by atoms with van der Waals surface area (Å²) in [6, 6.07) is 0. The number of rotatable bonds is 1. The van der Waals surface area contributed by atoms with Crippen molar-refractivity contribution in [1.82, 2.24) is 5.32 Å². The second-order valence-electron chi connectivity index (χ2n) is 3.24. The van der Waals surface area contributed by atoms with Crippen molar-refractivity contribution in [3.8, 4) is 0 Å². The lowest BCUT2D eigenvalue weighted by atomic mass is 9.91. The highest BCUT2D eigenvalue weighted by Crippen LogP contribution is 2.21. The molecule has 1 nitrogen and oxygen atoms in total. The molecule has 0 unspecified atom stereocenters. The molecule has 1 heteroatoms. The molecule has 66 valence electrons. The lowest BCUT2D eigenvalue weighted by Crippen LogP contribution is -1.99. The van der Waals surface area contributed by atoms with Gasteiger partial charge in [0.15, 0.2) is 0 Å². The Balaban J connectivity index is 0.000000218. The molecule has 0 bridgehead atoms. The summed E-state index contributed by atoms with van der Waals surface area (Å²) in [5, 5.41) is 2.69. The van der Waals surface area contributed by atoms with Crippen LogP contribution < -0.4 is 5.32 Å². The molecule has 0 aromatic rings. The van der Waals surface area contributed by atoms with Crippen molar-refractivity contribution in [2.45, 2.75) is 39.0 Å². The average Bonchev–Trinajstić information content (AvgIpc) is 2.07. The lowest BCUT2D eigenvalue weighted by molar-refractivity contribution is 0.385. The van der Waals surface area contributed by atoms with E-state index in [0.717, 1.165) is 5.92 Å². The summed E-state index contributed by atoms with van der Waals surface area (Å²) in [5.74, 6) is 1.04. The maximum absolute atomic E-state index is 3.37. The zero-order valence-corrected chi connectivity index (χ0v) is 7.90. The summed E-state index contributed by atoms with van der Waals surface area (Å²) < 4.78 is 0. The highest BCUT2D eigenvalue weighted by atomic mass is 14.8. The van der Waals surface area contributed by atoms with E-state index < -0.39 is 0 Å². The molecular formula is C10H21N. The largest absolute Gasteiger partial charge is 0.394 e. The fraction of sp³-hybridized carbons (Fsp3) is 0.800. The quantitative estimate of drug-likeness (QED) is 0.614. The minimum atomic E-state index is 1.04. The topological polar surface area (TPSA) is 12.0 Å². The first kappa shape index (κ1) is 10.5. The predicted molar refractivity (Wildman–Crippen MR) is 51.5 cm³/mol. The summed E-state index contributed by atoms with van der Waals surface area (Å²) in [5.41, 5.74) is 0. The second-order valence-corrected chi connectivity index (χ2v) is 3.24. The first-order valence-corrected chi connectivity index (χ1v) is 4.59. The smallest absolute Gasteiger partial charge is 0.00275 e. The molecule has 11 heavy (non-hydrogen) atoms. The van der Waals surface area contributed by atoms with E-state index in [1.165, 1.54) is 32.1 Å². The Hall–Kier alpha value is -0.460. The van der Waals surface area contributed by atoms with E-state index in [2.05, 4.69) is 18.8 Å². The Bertz CT molecular complexity index is 82.9. The van der Waals surface area contributed by atoms with Gasteiger partial charge in [0.25, 0.3) is 0 Å². The Labute approximate surface area is 70.9 Å². The molecule has 1 aliphatic rings. The fourth-order valence-electron chi connectivity index (χ4n) is 1.31. The average molecular weight is 155 g/mol. The van der Waals surface area contributed by atoms with E-state index >= 15 is 0 Å². The predicted octanol–water partition coefficient (Wildman–Crippen LogP) is 2.94. The van der Waals surface area contributed by atoms with Crippen molar-refractivity contribution in [2.24, 2.45) is 5.92 Å². The molecule has 0 aromatic heterocycles. The van der Waals surface area contributed by atoms with Crippen LogP contribution in [0.5, 0.6) is 0 Å². The Kier molecular flexibility index (Phi) is 7.33. The third-order valence-electron chi connectivity index (χ3n) is 2.10. The van der Waals surface area contributed by atoms with Crippen LogP contribution in [0.25, 0.3) is 0 Å². The Morgan fingerprint density at radius 3 is 1.91 bits per heavy atom. The van der Waals surface area contributed by atoms with E-state index in [1.54, 1.807) is 6.20 Å². The third-order valence-corrected chi connectivity index (χ3v) is 2.10. The molecule has 1 aliphatic carbocycles. The van der Waals surface area contributed by atoms with Gasteiger partial charge in [-0.25, -0.2) is 0 Å². The van der Waals surface area contributed by atoms with Gasteiger partial charge < -0.3 is 5.32 Å². The zero-order chi connectivity index (χ0) is 8.53. The molecule has 0 spiro atoms. The molecule has 0 radical (unpaired) electrons. The first-order valence-electron chi connectivity index (χ1n) is 4.59. The van der Waals surface area contributed by atoms with Crippen molar-refractivity contribution in [1.29, 1.82) is 0 Å². The van der Waals surface area contributed by atoms with E-state index in [0.29, 0.717) is 0 Å². The Morgan fingerprint density at radius 1 is 1.27 bits per heavy atom. The van der Waals surface area contributed by atoms with Gasteiger partial charge in [-0.1, -0.05) is 45.6 Å². The van der Waals surface area contributed by atoms with Crippen molar-refractivity contribution in [3.63, 3.8) is 0 Å². The molecule has 1 saturated carbocycles. The molecule has 0 saturated heterocycles. The van der Waals surface area contributed by atoms with Gasteiger partial charge in [0.1, 0.15) is 0 Å². The minimum Gasteiger partial charge on any atom is -0.394 e. The SMILES string of the molecule is C=CNC.CC1CCCCC1. The first-order chi connectivity index (χ1) is 5.31. The normalized spacial score (nSPS) is 18.0. The summed E-state index contributed by atoms with van der Waals surface area (Å²) in [7, 11) is 1.81. The number of nitrogens with one attached hydrogen (secondary N) is 1. The molecule has 0 aliphatic heterocycles. The van der Waals surface area contributed by atoms with E-state index in [-0.39, 0.29) is 0 Å². The number of hydrogen-bond donors (Lipinski definition) is 1. The molecule has 1 fully saturated rings. The molecule has 0 heterocycles. The van der Waals surface area contributed by atoms with Crippen LogP contribution in [0, 0.1) is 5.92 Å². The minimum absolute atomic E-state index is 1.04. The molecule has 0 amide bonds. The maximum atomic E-state index is 3.37. The van der Waals surface area contributed by atoms with Gasteiger partial charge in [-0.2, -0.15) is 0 Å². The molecule has 0 atom stereocenters. The van der Waals surface area contributed by atoms with Crippen LogP contribution in [-0.4, -0.2) is 7.05 Å². The second kappa shape index (κ2) is 7.64. The van der Waals surface area contributed by atoms with Gasteiger partial charge in [0, 0.05) is 7.05 Å². The van der Waals surface area contributed by atoms with Crippen LogP contribution in [0.3, 0.4) is 0 Å². The monoisotopic (exact) mass is 155 g/mol. The van der Waals surface area contributed by atoms with Crippen LogP contribution >= 0.6 is 0 Å². The Morgan fingerprint density at radius 2 is 1.73 bits per heavy atom. The maximum Gasteiger partial charge on any atom is 0.00275 e. The third kappa shape index (κ3) is 7.44. The van der Waals surface area contributed by atoms with Gasteiger partial charge in [-0.3, -0.25) is 0 Å². The van der Waals surface area contributed by atoms with Crippen LogP contribution in [0.15, 0.2) is 12.8 Å². The molecule has 1 rings (SSSR count). The van der Waals surface area contributed by atoms with Crippen LogP contribution in [0.2, 0.25) is 0 Å². The summed E-state index contributed by atoms with van der Waals surface area (Å²) in [6.07, 6.45) is 9.06. The fourth-order valence-corrected chi connectivity index (χ4v) is 1.31. The van der Waals surface area contributed by atoms with E-state index in [9.17, 15) is 0 Å². The van der Waals surface area contributed by atoms with Crippen molar-refractivity contribution >= 4 is 0 Å². The van der Waals surface area contributed by atoms with Crippen LogP contribution in [0.1, 0.15) is 39.0 Å². The summed E-state index contributed by atoms with van der Waals surface area (Å²) in [4.78, 5) is 0. The standard InChI is InChI=1S/C7H14.C3H7N/c1-7-5-3-2-4-6-7;1-3-4-2/h7H,2-6H2,1H3;3-4H,1H2,2H3. The van der Waals surface area contributed by atoms with Crippen LogP contribution in [0.4, 0.5) is 0 Å².